The summed E-state index contributed by atoms with van der Waals surface area (Å²) in [5.41, 5.74) is 3.46. The molecule has 2 heterocycles. The first-order chi connectivity index (χ1) is 16.4. The van der Waals surface area contributed by atoms with Gasteiger partial charge in [-0.15, -0.1) is 0 Å². The molecule has 2 aromatic rings. The largest absolute Gasteiger partial charge is 0.378 e. The van der Waals surface area contributed by atoms with Crippen molar-refractivity contribution in [1.82, 2.24) is 24.1 Å². The summed E-state index contributed by atoms with van der Waals surface area (Å²) >= 11 is 0. The molecule has 188 valence electrons. The number of carbonyl (C=O) groups is 1. The maximum absolute atomic E-state index is 13.0. The van der Waals surface area contributed by atoms with Crippen LogP contribution >= 0.6 is 0 Å². The second kappa shape index (κ2) is 13.0. The molecule has 2 atom stereocenters. The van der Waals surface area contributed by atoms with E-state index >= 15 is 0 Å². The number of anilines is 1. The summed E-state index contributed by atoms with van der Waals surface area (Å²) in [6, 6.07) is 8.13. The SMILES string of the molecule is CCCCCN1CCN(S(C)=O)C(C(=O)NCCc2cncn2Cc2ccc(N(C)C)cc2)C1. The lowest BCUT2D eigenvalue weighted by Crippen LogP contribution is -2.59. The Morgan fingerprint density at radius 1 is 1.21 bits per heavy atom. The molecule has 1 aromatic carbocycles. The lowest BCUT2D eigenvalue weighted by molar-refractivity contribution is -0.126. The summed E-state index contributed by atoms with van der Waals surface area (Å²) in [7, 11) is 2.90. The molecule has 0 bridgehead atoms. The van der Waals surface area contributed by atoms with Crippen molar-refractivity contribution < 1.29 is 9.00 Å². The van der Waals surface area contributed by atoms with E-state index < -0.39 is 11.0 Å². The van der Waals surface area contributed by atoms with Crippen LogP contribution in [0.25, 0.3) is 0 Å². The zero-order valence-electron chi connectivity index (χ0n) is 21.1. The minimum atomic E-state index is -1.16. The summed E-state index contributed by atoms with van der Waals surface area (Å²) < 4.78 is 16.2. The number of hydrogen-bond donors (Lipinski definition) is 1. The van der Waals surface area contributed by atoms with Crippen molar-refractivity contribution in [2.24, 2.45) is 0 Å². The quantitative estimate of drug-likeness (QED) is 0.464. The Morgan fingerprint density at radius 3 is 2.65 bits per heavy atom. The van der Waals surface area contributed by atoms with Crippen LogP contribution in [0.1, 0.15) is 37.4 Å². The molecule has 1 amide bonds. The van der Waals surface area contributed by atoms with Crippen LogP contribution < -0.4 is 10.2 Å². The van der Waals surface area contributed by atoms with Gasteiger partial charge in [0.25, 0.3) is 0 Å². The Bertz CT molecular complexity index is 930. The molecule has 34 heavy (non-hydrogen) atoms. The normalized spacial score (nSPS) is 18.1. The van der Waals surface area contributed by atoms with Crippen LogP contribution in [0.15, 0.2) is 36.8 Å². The van der Waals surface area contributed by atoms with Crippen LogP contribution in [0.4, 0.5) is 5.69 Å². The minimum Gasteiger partial charge on any atom is -0.378 e. The standard InChI is InChI=1S/C25H40N6O2S/c1-5-6-7-14-29-15-16-31(34(4)33)24(19-29)25(32)27-13-12-23-17-26-20-30(23)18-21-8-10-22(11-9-21)28(2)3/h8-11,17,20,24H,5-7,12-16,18-19H2,1-4H3,(H,27,32). The number of amides is 1. The van der Waals surface area contributed by atoms with Crippen LogP contribution in [0.5, 0.6) is 0 Å². The van der Waals surface area contributed by atoms with Crippen LogP contribution in [-0.4, -0.2) is 88.0 Å². The number of nitrogens with one attached hydrogen (secondary N) is 1. The second-order valence-electron chi connectivity index (χ2n) is 9.20. The summed E-state index contributed by atoms with van der Waals surface area (Å²) in [4.78, 5) is 21.8. The Kier molecular flexibility index (Phi) is 10.1. The fourth-order valence-corrected chi connectivity index (χ4v) is 5.22. The van der Waals surface area contributed by atoms with E-state index in [1.165, 1.54) is 24.1 Å². The predicted octanol–water partition coefficient (Wildman–Crippen LogP) is 2.13. The Balaban J connectivity index is 1.53. The van der Waals surface area contributed by atoms with Gasteiger partial charge in [0.2, 0.25) is 5.91 Å². The van der Waals surface area contributed by atoms with Gasteiger partial charge in [-0.25, -0.2) is 13.5 Å². The molecule has 0 saturated carbocycles. The molecule has 1 aliphatic rings. The van der Waals surface area contributed by atoms with Gasteiger partial charge < -0.3 is 14.8 Å². The number of benzene rings is 1. The van der Waals surface area contributed by atoms with Gasteiger partial charge in [-0.2, -0.15) is 0 Å². The van der Waals surface area contributed by atoms with E-state index in [1.54, 1.807) is 6.26 Å². The summed E-state index contributed by atoms with van der Waals surface area (Å²) in [5.74, 6) is -0.0410. The summed E-state index contributed by atoms with van der Waals surface area (Å²) in [5, 5.41) is 3.09. The van der Waals surface area contributed by atoms with E-state index in [0.29, 0.717) is 26.1 Å². The number of piperazine rings is 1. The van der Waals surface area contributed by atoms with Crippen LogP contribution in [0.2, 0.25) is 0 Å². The molecule has 1 saturated heterocycles. The number of imidazole rings is 1. The van der Waals surface area contributed by atoms with Crippen LogP contribution in [-0.2, 0) is 28.7 Å². The summed E-state index contributed by atoms with van der Waals surface area (Å²) in [6.07, 6.45) is 9.59. The first-order valence-corrected chi connectivity index (χ1v) is 13.8. The third-order valence-electron chi connectivity index (χ3n) is 6.41. The number of rotatable bonds is 12. The second-order valence-corrected chi connectivity index (χ2v) is 10.5. The highest BCUT2D eigenvalue weighted by atomic mass is 32.2. The minimum absolute atomic E-state index is 0.0410. The van der Waals surface area contributed by atoms with E-state index in [0.717, 1.165) is 31.7 Å². The third-order valence-corrected chi connectivity index (χ3v) is 7.51. The van der Waals surface area contributed by atoms with Crippen LogP contribution in [0.3, 0.4) is 0 Å². The fraction of sp³-hybridized carbons (Fsp3) is 0.600. The number of nitrogens with zero attached hydrogens (tertiary/aromatic N) is 5. The van der Waals surface area contributed by atoms with Crippen molar-refractivity contribution in [2.45, 2.75) is 45.2 Å². The Labute approximate surface area is 206 Å². The molecule has 0 spiro atoms. The molecule has 1 N–H and O–H groups in total. The molecular weight excluding hydrogens is 448 g/mol. The molecule has 8 nitrogen and oxygen atoms in total. The van der Waals surface area contributed by atoms with Crippen molar-refractivity contribution in [2.75, 3.05) is 58.0 Å². The van der Waals surface area contributed by atoms with E-state index in [-0.39, 0.29) is 11.9 Å². The average molecular weight is 489 g/mol. The number of hydrogen-bond acceptors (Lipinski definition) is 5. The first kappa shape index (κ1) is 26.4. The molecule has 9 heteroatoms. The van der Waals surface area contributed by atoms with E-state index in [4.69, 9.17) is 0 Å². The van der Waals surface area contributed by atoms with E-state index in [2.05, 4.69) is 55.9 Å². The van der Waals surface area contributed by atoms with Gasteiger partial charge in [-0.1, -0.05) is 31.9 Å². The van der Waals surface area contributed by atoms with Crippen LogP contribution in [0, 0.1) is 0 Å². The smallest absolute Gasteiger partial charge is 0.239 e. The van der Waals surface area contributed by atoms with Gasteiger partial charge in [0.05, 0.1) is 17.3 Å². The molecule has 1 fully saturated rings. The molecule has 1 aromatic heterocycles. The highest BCUT2D eigenvalue weighted by Crippen LogP contribution is 2.15. The van der Waals surface area contributed by atoms with Crippen molar-refractivity contribution >= 4 is 22.6 Å². The monoisotopic (exact) mass is 488 g/mol. The van der Waals surface area contributed by atoms with Crippen molar-refractivity contribution in [3.8, 4) is 0 Å². The van der Waals surface area contributed by atoms with E-state index in [1.807, 2.05) is 30.9 Å². The van der Waals surface area contributed by atoms with Gasteiger partial charge in [-0.05, 0) is 30.7 Å². The number of aromatic nitrogens is 2. The topological polar surface area (TPSA) is 73.7 Å². The molecule has 0 aliphatic carbocycles. The lowest BCUT2D eigenvalue weighted by Gasteiger charge is -2.39. The van der Waals surface area contributed by atoms with Gasteiger partial charge in [-0.3, -0.25) is 9.69 Å². The van der Waals surface area contributed by atoms with Gasteiger partial charge in [0.15, 0.2) is 0 Å². The van der Waals surface area contributed by atoms with Gasteiger partial charge in [0, 0.05) is 77.1 Å². The third kappa shape index (κ3) is 7.38. The van der Waals surface area contributed by atoms with Gasteiger partial charge in [0.1, 0.15) is 6.04 Å². The maximum atomic E-state index is 13.0. The molecule has 1 aliphatic heterocycles. The lowest BCUT2D eigenvalue weighted by atomic mass is 10.1. The molecule has 2 unspecified atom stereocenters. The average Bonchev–Trinajstić information content (AvgIpc) is 3.26. The molecule has 0 radical (unpaired) electrons. The zero-order chi connectivity index (χ0) is 24.5. The maximum Gasteiger partial charge on any atom is 0.239 e. The Hall–Kier alpha value is -2.23. The first-order valence-electron chi connectivity index (χ1n) is 12.2. The fourth-order valence-electron chi connectivity index (χ4n) is 4.36. The number of unbranched alkanes of at least 4 members (excludes halogenated alkanes) is 2. The highest BCUT2D eigenvalue weighted by molar-refractivity contribution is 7.81. The van der Waals surface area contributed by atoms with Crippen molar-refractivity contribution in [3.63, 3.8) is 0 Å². The van der Waals surface area contributed by atoms with E-state index in [9.17, 15) is 9.00 Å². The molecular formula is C25H40N6O2S. The Morgan fingerprint density at radius 2 is 1.97 bits per heavy atom. The van der Waals surface area contributed by atoms with Crippen molar-refractivity contribution in [1.29, 1.82) is 0 Å². The molecule has 3 rings (SSSR count). The van der Waals surface area contributed by atoms with Crippen molar-refractivity contribution in [3.05, 3.63) is 48.0 Å². The highest BCUT2D eigenvalue weighted by Gasteiger charge is 2.34. The number of carbonyl (C=O) groups excluding carboxylic acids is 1. The predicted molar refractivity (Wildman–Crippen MR) is 139 cm³/mol. The van der Waals surface area contributed by atoms with Gasteiger partial charge >= 0.3 is 0 Å². The summed E-state index contributed by atoms with van der Waals surface area (Å²) in [6.45, 7) is 6.62. The zero-order valence-corrected chi connectivity index (χ0v) is 21.9.